The smallest absolute Gasteiger partial charge is 0.255 e. The van der Waals surface area contributed by atoms with Gasteiger partial charge in [-0.05, 0) is 25.5 Å². The Morgan fingerprint density at radius 2 is 2.41 bits per heavy atom. The third-order valence-electron chi connectivity index (χ3n) is 2.94. The first kappa shape index (κ1) is 11.6. The minimum atomic E-state index is -0.0206. The minimum absolute atomic E-state index is 0.0206. The summed E-state index contributed by atoms with van der Waals surface area (Å²) >= 11 is 0. The second-order valence-corrected chi connectivity index (χ2v) is 4.21. The summed E-state index contributed by atoms with van der Waals surface area (Å²) in [5.41, 5.74) is 1.49. The van der Waals surface area contributed by atoms with Crippen LogP contribution in [-0.2, 0) is 4.79 Å². The monoisotopic (exact) mass is 233 g/mol. The second kappa shape index (κ2) is 4.95. The van der Waals surface area contributed by atoms with Gasteiger partial charge in [0.25, 0.3) is 5.91 Å². The molecule has 1 aliphatic rings. The van der Waals surface area contributed by atoms with Crippen LogP contribution in [0.2, 0.25) is 0 Å². The maximum Gasteiger partial charge on any atom is 0.255 e. The van der Waals surface area contributed by atoms with E-state index in [1.54, 1.807) is 17.2 Å². The van der Waals surface area contributed by atoms with Crippen LogP contribution in [0.4, 0.5) is 0 Å². The predicted octanol–water partition coefficient (Wildman–Crippen LogP) is 0.351. The quantitative estimate of drug-likeness (QED) is 0.766. The van der Waals surface area contributed by atoms with Gasteiger partial charge in [0, 0.05) is 31.0 Å². The Morgan fingerprint density at radius 1 is 1.59 bits per heavy atom. The Kier molecular flexibility index (Phi) is 3.37. The molecule has 90 valence electrons. The standard InChI is InChI=1S/C12H15N3O2/c1-9-2-3-10(6-13-9)12(17)15-5-4-11(7-15)14-8-16/h2-3,6,8,11H,4-5,7H2,1H3,(H,14,16)/t11-/m1/s1. The normalized spacial score (nSPS) is 19.1. The van der Waals surface area contributed by atoms with Crippen LogP contribution in [0.3, 0.4) is 0 Å². The molecule has 0 aromatic carbocycles. The van der Waals surface area contributed by atoms with E-state index < -0.39 is 0 Å². The molecule has 5 heteroatoms. The molecular formula is C12H15N3O2. The number of nitrogens with zero attached hydrogens (tertiary/aromatic N) is 2. The summed E-state index contributed by atoms with van der Waals surface area (Å²) in [5.74, 6) is -0.0206. The van der Waals surface area contributed by atoms with Crippen molar-refractivity contribution in [2.45, 2.75) is 19.4 Å². The molecule has 0 spiro atoms. The summed E-state index contributed by atoms with van der Waals surface area (Å²) < 4.78 is 0. The predicted molar refractivity (Wildman–Crippen MR) is 62.5 cm³/mol. The highest BCUT2D eigenvalue weighted by molar-refractivity contribution is 5.94. The van der Waals surface area contributed by atoms with Crippen molar-refractivity contribution in [1.82, 2.24) is 15.2 Å². The third kappa shape index (κ3) is 2.61. The lowest BCUT2D eigenvalue weighted by Crippen LogP contribution is -2.34. The Hall–Kier alpha value is -1.91. The van der Waals surface area contributed by atoms with Gasteiger partial charge in [0.05, 0.1) is 5.56 Å². The third-order valence-corrected chi connectivity index (χ3v) is 2.94. The molecule has 1 saturated heterocycles. The van der Waals surface area contributed by atoms with E-state index in [2.05, 4.69) is 10.3 Å². The first-order chi connectivity index (χ1) is 8.20. The van der Waals surface area contributed by atoms with Crippen LogP contribution in [-0.4, -0.2) is 41.3 Å². The second-order valence-electron chi connectivity index (χ2n) is 4.21. The molecule has 1 aromatic heterocycles. The number of pyridine rings is 1. The summed E-state index contributed by atoms with van der Waals surface area (Å²) in [5, 5.41) is 2.70. The van der Waals surface area contributed by atoms with E-state index >= 15 is 0 Å². The van der Waals surface area contributed by atoms with Crippen LogP contribution >= 0.6 is 0 Å². The lowest BCUT2D eigenvalue weighted by atomic mass is 10.2. The van der Waals surface area contributed by atoms with Crippen LogP contribution < -0.4 is 5.32 Å². The van der Waals surface area contributed by atoms with E-state index in [0.717, 1.165) is 12.1 Å². The van der Waals surface area contributed by atoms with Gasteiger partial charge in [-0.2, -0.15) is 0 Å². The van der Waals surface area contributed by atoms with Crippen LogP contribution in [0.1, 0.15) is 22.5 Å². The molecular weight excluding hydrogens is 218 g/mol. The number of amides is 2. The van der Waals surface area contributed by atoms with Crippen molar-refractivity contribution in [3.05, 3.63) is 29.6 Å². The molecule has 17 heavy (non-hydrogen) atoms. The molecule has 1 N–H and O–H groups in total. The van der Waals surface area contributed by atoms with E-state index in [0.29, 0.717) is 25.1 Å². The SMILES string of the molecule is Cc1ccc(C(=O)N2CC[C@@H](NC=O)C2)cn1. The van der Waals surface area contributed by atoms with E-state index in [4.69, 9.17) is 0 Å². The van der Waals surface area contributed by atoms with Gasteiger partial charge < -0.3 is 10.2 Å². The number of carbonyl (C=O) groups excluding carboxylic acids is 2. The maximum absolute atomic E-state index is 12.1. The Bertz CT molecular complexity index is 416. The van der Waals surface area contributed by atoms with Crippen LogP contribution in [0.25, 0.3) is 0 Å². The molecule has 1 fully saturated rings. The zero-order valence-electron chi connectivity index (χ0n) is 9.72. The lowest BCUT2D eigenvalue weighted by Gasteiger charge is -2.16. The van der Waals surface area contributed by atoms with Gasteiger partial charge in [-0.1, -0.05) is 0 Å². The Morgan fingerprint density at radius 3 is 3.06 bits per heavy atom. The van der Waals surface area contributed by atoms with E-state index in [9.17, 15) is 9.59 Å². The first-order valence-electron chi connectivity index (χ1n) is 5.62. The number of nitrogens with one attached hydrogen (secondary N) is 1. The average Bonchev–Trinajstić information content (AvgIpc) is 2.78. The zero-order chi connectivity index (χ0) is 12.3. The van der Waals surface area contributed by atoms with Crippen molar-refractivity contribution in [3.63, 3.8) is 0 Å². The first-order valence-corrected chi connectivity index (χ1v) is 5.62. The Labute approximate surface area is 99.8 Å². The molecule has 0 unspecified atom stereocenters. The van der Waals surface area contributed by atoms with Crippen molar-refractivity contribution >= 4 is 12.3 Å². The van der Waals surface area contributed by atoms with Gasteiger partial charge >= 0.3 is 0 Å². The maximum atomic E-state index is 12.1. The van der Waals surface area contributed by atoms with Crippen LogP contribution in [0, 0.1) is 6.92 Å². The molecule has 0 aliphatic carbocycles. The number of rotatable bonds is 3. The van der Waals surface area contributed by atoms with Gasteiger partial charge in [-0.25, -0.2) is 0 Å². The van der Waals surface area contributed by atoms with Crippen molar-refractivity contribution in [2.75, 3.05) is 13.1 Å². The highest BCUT2D eigenvalue weighted by Crippen LogP contribution is 2.13. The number of aromatic nitrogens is 1. The van der Waals surface area contributed by atoms with Crippen molar-refractivity contribution < 1.29 is 9.59 Å². The summed E-state index contributed by atoms with van der Waals surface area (Å²) in [7, 11) is 0. The van der Waals surface area contributed by atoms with Gasteiger partial charge in [0.1, 0.15) is 0 Å². The van der Waals surface area contributed by atoms with Gasteiger partial charge in [0.15, 0.2) is 0 Å². The molecule has 5 nitrogen and oxygen atoms in total. The molecule has 0 radical (unpaired) electrons. The summed E-state index contributed by atoms with van der Waals surface area (Å²) in [6.45, 7) is 3.14. The minimum Gasteiger partial charge on any atom is -0.354 e. The molecule has 2 rings (SSSR count). The number of aryl methyl sites for hydroxylation is 1. The molecule has 2 amide bonds. The number of carbonyl (C=O) groups is 2. The van der Waals surface area contributed by atoms with Crippen molar-refractivity contribution in [3.8, 4) is 0 Å². The largest absolute Gasteiger partial charge is 0.354 e. The van der Waals surface area contributed by atoms with E-state index in [1.165, 1.54) is 0 Å². The van der Waals surface area contributed by atoms with Crippen molar-refractivity contribution in [2.24, 2.45) is 0 Å². The molecule has 1 aliphatic heterocycles. The number of hydrogen-bond donors (Lipinski definition) is 1. The fourth-order valence-electron chi connectivity index (χ4n) is 1.95. The average molecular weight is 233 g/mol. The summed E-state index contributed by atoms with van der Waals surface area (Å²) in [6, 6.07) is 3.69. The van der Waals surface area contributed by atoms with Crippen LogP contribution in [0.5, 0.6) is 0 Å². The van der Waals surface area contributed by atoms with Gasteiger partial charge in [-0.3, -0.25) is 14.6 Å². The Balaban J connectivity index is 2.01. The highest BCUT2D eigenvalue weighted by atomic mass is 16.2. The topological polar surface area (TPSA) is 62.3 Å². The summed E-state index contributed by atoms with van der Waals surface area (Å²) in [4.78, 5) is 28.2. The highest BCUT2D eigenvalue weighted by Gasteiger charge is 2.26. The van der Waals surface area contributed by atoms with Crippen molar-refractivity contribution in [1.29, 1.82) is 0 Å². The van der Waals surface area contributed by atoms with E-state index in [-0.39, 0.29) is 11.9 Å². The lowest BCUT2D eigenvalue weighted by molar-refractivity contribution is -0.110. The molecule has 1 aromatic rings. The van der Waals surface area contributed by atoms with Gasteiger partial charge in [0.2, 0.25) is 6.41 Å². The summed E-state index contributed by atoms with van der Waals surface area (Å²) in [6.07, 6.45) is 3.09. The molecule has 1 atom stereocenters. The number of likely N-dealkylation sites (tertiary alicyclic amines) is 1. The van der Waals surface area contributed by atoms with E-state index in [1.807, 2.05) is 13.0 Å². The molecule has 2 heterocycles. The molecule has 0 bridgehead atoms. The zero-order valence-corrected chi connectivity index (χ0v) is 9.72. The fourth-order valence-corrected chi connectivity index (χ4v) is 1.95. The number of hydrogen-bond acceptors (Lipinski definition) is 3. The molecule has 0 saturated carbocycles. The van der Waals surface area contributed by atoms with Crippen LogP contribution in [0.15, 0.2) is 18.3 Å². The fraction of sp³-hybridized carbons (Fsp3) is 0.417. The van der Waals surface area contributed by atoms with Gasteiger partial charge in [-0.15, -0.1) is 0 Å².